The number of fused-ring (bicyclic) bond motifs is 2. The molecule has 0 spiro atoms. The highest BCUT2D eigenvalue weighted by molar-refractivity contribution is 6.10. The van der Waals surface area contributed by atoms with E-state index < -0.39 is 29.4 Å². The number of furan rings is 1. The van der Waals surface area contributed by atoms with Gasteiger partial charge in [-0.25, -0.2) is 4.79 Å². The lowest BCUT2D eigenvalue weighted by Gasteiger charge is -2.34. The number of carbonyl (C=O) groups is 3. The molecule has 0 radical (unpaired) electrons. The van der Waals surface area contributed by atoms with E-state index in [0.717, 1.165) is 37.5 Å². The van der Waals surface area contributed by atoms with Gasteiger partial charge in [-0.15, -0.1) is 0 Å². The molecule has 2 aromatic carbocycles. The highest BCUT2D eigenvalue weighted by Gasteiger charge is 2.70. The van der Waals surface area contributed by atoms with Crippen molar-refractivity contribution in [1.29, 1.82) is 0 Å². The molecule has 3 heterocycles. The van der Waals surface area contributed by atoms with Crippen LogP contribution in [-0.2, 0) is 19.9 Å². The Balaban J connectivity index is 1.52. The Morgan fingerprint density at radius 3 is 2.38 bits per heavy atom. The molecule has 7 heteroatoms. The van der Waals surface area contributed by atoms with E-state index in [-0.39, 0.29) is 17.9 Å². The van der Waals surface area contributed by atoms with Gasteiger partial charge in [0.25, 0.3) is 0 Å². The molecule has 1 aromatic heterocycles. The summed E-state index contributed by atoms with van der Waals surface area (Å²) in [6.07, 6.45) is 4.55. The summed E-state index contributed by atoms with van der Waals surface area (Å²) >= 11 is 0. The number of rotatable bonds is 4. The number of imide groups is 1. The third kappa shape index (κ3) is 2.89. The van der Waals surface area contributed by atoms with Crippen LogP contribution in [0.15, 0.2) is 65.1 Å². The molecule has 3 aliphatic rings. The quantitative estimate of drug-likeness (QED) is 0.574. The number of para-hydroxylation sites is 1. The number of carboxylic acids is 1. The summed E-state index contributed by atoms with van der Waals surface area (Å²) in [7, 11) is 0. The zero-order valence-electron chi connectivity index (χ0n) is 18.6. The number of hydrogen-bond donors (Lipinski definition) is 2. The summed E-state index contributed by atoms with van der Waals surface area (Å²) < 4.78 is 6.10. The van der Waals surface area contributed by atoms with Crippen LogP contribution in [0.25, 0.3) is 11.0 Å². The van der Waals surface area contributed by atoms with E-state index in [1.165, 1.54) is 4.90 Å². The number of nitrogens with zero attached hydrogens (tertiary/aromatic N) is 1. The Morgan fingerprint density at radius 2 is 1.68 bits per heavy atom. The summed E-state index contributed by atoms with van der Waals surface area (Å²) in [5, 5.41) is 14.7. The second-order valence-electron chi connectivity index (χ2n) is 9.63. The predicted molar refractivity (Wildman–Crippen MR) is 124 cm³/mol. The Kier molecular flexibility index (Phi) is 4.85. The maximum atomic E-state index is 13.9. The largest absolute Gasteiger partial charge is 0.480 e. The van der Waals surface area contributed by atoms with Gasteiger partial charge in [0.1, 0.15) is 11.3 Å². The molecule has 0 bridgehead atoms. The Labute approximate surface area is 196 Å². The summed E-state index contributed by atoms with van der Waals surface area (Å²) in [6, 6.07) is 17.2. The maximum Gasteiger partial charge on any atom is 0.329 e. The van der Waals surface area contributed by atoms with E-state index >= 15 is 0 Å². The van der Waals surface area contributed by atoms with Crippen molar-refractivity contribution in [1.82, 2.24) is 10.2 Å². The van der Waals surface area contributed by atoms with Gasteiger partial charge in [0.2, 0.25) is 11.8 Å². The van der Waals surface area contributed by atoms with Gasteiger partial charge in [0.05, 0.1) is 17.9 Å². The smallest absolute Gasteiger partial charge is 0.329 e. The molecule has 174 valence electrons. The minimum Gasteiger partial charge on any atom is -0.480 e. The third-order valence-electron chi connectivity index (χ3n) is 7.85. The van der Waals surface area contributed by atoms with Crippen molar-refractivity contribution in [2.45, 2.75) is 49.7 Å². The van der Waals surface area contributed by atoms with Crippen LogP contribution in [0.5, 0.6) is 0 Å². The Hall–Kier alpha value is -3.45. The minimum absolute atomic E-state index is 0.169. The van der Waals surface area contributed by atoms with Crippen molar-refractivity contribution in [2.24, 2.45) is 11.8 Å². The molecule has 4 atom stereocenters. The van der Waals surface area contributed by atoms with E-state index in [1.807, 2.05) is 30.3 Å². The molecule has 3 aromatic rings. The molecule has 2 amide bonds. The standard InChI is InChI=1S/C27H26N2O5/c30-24-21-22(25(31)29(24)18-12-5-2-6-13-18)27(26(32)33,17-10-3-1-4-11-17)28-23(21)20-15-16-9-7-8-14-19(16)34-20/h1,3-4,7-11,14-15,18,21-23,28H,2,5-6,12-13H2,(H,32,33). The number of amides is 2. The topological polar surface area (TPSA) is 99.9 Å². The fraction of sp³-hybridized carbons (Fsp3) is 0.370. The third-order valence-corrected chi connectivity index (χ3v) is 7.85. The predicted octanol–water partition coefficient (Wildman–Crippen LogP) is 3.99. The lowest BCUT2D eigenvalue weighted by molar-refractivity contribution is -0.153. The van der Waals surface area contributed by atoms with Crippen molar-refractivity contribution in [3.8, 4) is 0 Å². The van der Waals surface area contributed by atoms with Gasteiger partial charge in [-0.05, 0) is 30.5 Å². The van der Waals surface area contributed by atoms with Crippen LogP contribution in [0.4, 0.5) is 0 Å². The van der Waals surface area contributed by atoms with Crippen molar-refractivity contribution in [3.05, 3.63) is 72.0 Å². The number of benzene rings is 2. The molecule has 6 rings (SSSR count). The molecular formula is C27H26N2O5. The van der Waals surface area contributed by atoms with Crippen molar-refractivity contribution >= 4 is 28.8 Å². The van der Waals surface area contributed by atoms with Crippen molar-refractivity contribution in [3.63, 3.8) is 0 Å². The average Bonchev–Trinajstić information content (AvgIpc) is 3.52. The molecule has 4 unspecified atom stereocenters. The zero-order chi connectivity index (χ0) is 23.4. The van der Waals surface area contributed by atoms with E-state index in [1.54, 1.807) is 30.3 Å². The van der Waals surface area contributed by atoms with Crippen LogP contribution in [0, 0.1) is 11.8 Å². The first-order chi connectivity index (χ1) is 16.5. The van der Waals surface area contributed by atoms with Gasteiger partial charge < -0.3 is 9.52 Å². The molecule has 1 aliphatic carbocycles. The number of aliphatic carboxylic acids is 1. The van der Waals surface area contributed by atoms with Gasteiger partial charge in [-0.2, -0.15) is 0 Å². The van der Waals surface area contributed by atoms with Gasteiger partial charge >= 0.3 is 5.97 Å². The normalized spacial score (nSPS) is 29.6. The van der Waals surface area contributed by atoms with E-state index in [4.69, 9.17) is 4.42 Å². The highest BCUT2D eigenvalue weighted by Crippen LogP contribution is 2.54. The van der Waals surface area contributed by atoms with Crippen LogP contribution in [0.2, 0.25) is 0 Å². The monoisotopic (exact) mass is 458 g/mol. The summed E-state index contributed by atoms with van der Waals surface area (Å²) in [5.41, 5.74) is -0.613. The van der Waals surface area contributed by atoms with E-state index in [0.29, 0.717) is 16.9 Å². The van der Waals surface area contributed by atoms with Crippen molar-refractivity contribution < 1.29 is 23.9 Å². The van der Waals surface area contributed by atoms with Crippen LogP contribution >= 0.6 is 0 Å². The molecule has 1 saturated carbocycles. The molecule has 2 aliphatic heterocycles. The molecule has 7 nitrogen and oxygen atoms in total. The van der Waals surface area contributed by atoms with Crippen LogP contribution in [0.1, 0.15) is 49.5 Å². The first-order valence-electron chi connectivity index (χ1n) is 11.9. The first kappa shape index (κ1) is 21.1. The molecule has 2 saturated heterocycles. The fourth-order valence-electron chi connectivity index (χ4n) is 6.31. The number of carbonyl (C=O) groups excluding carboxylic acids is 2. The Bertz CT molecular complexity index is 1250. The number of likely N-dealkylation sites (tertiary alicyclic amines) is 1. The number of hydrogen-bond acceptors (Lipinski definition) is 5. The first-order valence-corrected chi connectivity index (χ1v) is 11.9. The van der Waals surface area contributed by atoms with Crippen LogP contribution in [-0.4, -0.2) is 33.8 Å². The summed E-state index contributed by atoms with van der Waals surface area (Å²) in [6.45, 7) is 0. The van der Waals surface area contributed by atoms with Gasteiger partial charge in [0, 0.05) is 11.4 Å². The lowest BCUT2D eigenvalue weighted by Crippen LogP contribution is -2.54. The molecule has 3 fully saturated rings. The average molecular weight is 459 g/mol. The highest BCUT2D eigenvalue weighted by atomic mass is 16.4. The molecule has 2 N–H and O–H groups in total. The molecule has 34 heavy (non-hydrogen) atoms. The van der Waals surface area contributed by atoms with E-state index in [9.17, 15) is 19.5 Å². The second-order valence-corrected chi connectivity index (χ2v) is 9.63. The fourth-order valence-corrected chi connectivity index (χ4v) is 6.31. The number of carboxylic acid groups (broad SMARTS) is 1. The maximum absolute atomic E-state index is 13.9. The summed E-state index contributed by atoms with van der Waals surface area (Å²) in [5.74, 6) is -3.29. The lowest BCUT2D eigenvalue weighted by atomic mass is 9.75. The van der Waals surface area contributed by atoms with Crippen molar-refractivity contribution in [2.75, 3.05) is 0 Å². The minimum atomic E-state index is -1.73. The van der Waals surface area contributed by atoms with Crippen LogP contribution in [0.3, 0.4) is 0 Å². The van der Waals surface area contributed by atoms with Crippen LogP contribution < -0.4 is 5.32 Å². The molecular weight excluding hydrogens is 432 g/mol. The SMILES string of the molecule is O=C1C2C(c3cc4ccccc4o3)NC(C(=O)O)(c3ccccc3)C2C(=O)N1C1CCCCC1. The summed E-state index contributed by atoms with van der Waals surface area (Å²) in [4.78, 5) is 42.1. The zero-order valence-corrected chi connectivity index (χ0v) is 18.6. The van der Waals surface area contributed by atoms with Gasteiger partial charge in [0.15, 0.2) is 5.54 Å². The van der Waals surface area contributed by atoms with Gasteiger partial charge in [-0.1, -0.05) is 67.8 Å². The number of nitrogens with one attached hydrogen (secondary N) is 1. The second kappa shape index (κ2) is 7.81. The Morgan fingerprint density at radius 1 is 0.971 bits per heavy atom. The van der Waals surface area contributed by atoms with E-state index in [2.05, 4.69) is 5.32 Å². The van der Waals surface area contributed by atoms with Gasteiger partial charge in [-0.3, -0.25) is 19.8 Å².